The highest BCUT2D eigenvalue weighted by Gasteiger charge is 2.05. The molecular formula is C18H17N3O. The molecule has 0 unspecified atom stereocenters. The Morgan fingerprint density at radius 2 is 1.73 bits per heavy atom. The second-order valence-corrected chi connectivity index (χ2v) is 5.36. The summed E-state index contributed by atoms with van der Waals surface area (Å²) in [6.07, 6.45) is 0.596. The predicted molar refractivity (Wildman–Crippen MR) is 88.7 cm³/mol. The van der Waals surface area contributed by atoms with E-state index < -0.39 is 0 Å². The van der Waals surface area contributed by atoms with Crippen LogP contribution in [0.4, 0.5) is 5.69 Å². The molecule has 0 atom stereocenters. The zero-order valence-electron chi connectivity index (χ0n) is 12.3. The lowest BCUT2D eigenvalue weighted by molar-refractivity contribution is 0.949. The number of anilines is 1. The van der Waals surface area contributed by atoms with Crippen molar-refractivity contribution in [2.75, 3.05) is 5.73 Å². The largest absolute Gasteiger partial charge is 0.399 e. The van der Waals surface area contributed by atoms with Crippen LogP contribution in [0.2, 0.25) is 0 Å². The molecule has 0 fully saturated rings. The Kier molecular flexibility index (Phi) is 3.74. The minimum absolute atomic E-state index is 0.149. The highest BCUT2D eigenvalue weighted by atomic mass is 16.1. The first-order valence-electron chi connectivity index (χ1n) is 7.12. The summed E-state index contributed by atoms with van der Waals surface area (Å²) in [6, 6.07) is 17.0. The number of nitrogens with zero attached hydrogens (tertiary/aromatic N) is 1. The second kappa shape index (κ2) is 5.85. The summed E-state index contributed by atoms with van der Waals surface area (Å²) in [6.45, 7) is 2.05. The van der Waals surface area contributed by atoms with Crippen molar-refractivity contribution in [3.8, 4) is 11.3 Å². The molecule has 2 aromatic carbocycles. The van der Waals surface area contributed by atoms with Crippen molar-refractivity contribution in [2.24, 2.45) is 0 Å². The number of nitrogens with one attached hydrogen (secondary N) is 1. The molecule has 0 amide bonds. The molecule has 3 rings (SSSR count). The van der Waals surface area contributed by atoms with Crippen molar-refractivity contribution < 1.29 is 0 Å². The van der Waals surface area contributed by atoms with Gasteiger partial charge in [0.1, 0.15) is 5.82 Å². The van der Waals surface area contributed by atoms with E-state index in [4.69, 9.17) is 5.73 Å². The number of aryl methyl sites for hydroxylation is 1. The first-order chi connectivity index (χ1) is 10.6. The van der Waals surface area contributed by atoms with Crippen LogP contribution >= 0.6 is 0 Å². The van der Waals surface area contributed by atoms with Crippen molar-refractivity contribution in [2.45, 2.75) is 13.3 Å². The zero-order chi connectivity index (χ0) is 15.5. The number of H-pyrrole nitrogens is 1. The van der Waals surface area contributed by atoms with Crippen LogP contribution in [-0.2, 0) is 6.42 Å². The van der Waals surface area contributed by atoms with E-state index in [1.807, 2.05) is 31.2 Å². The number of benzene rings is 2. The Balaban J connectivity index is 1.94. The van der Waals surface area contributed by atoms with Crippen LogP contribution < -0.4 is 11.3 Å². The van der Waals surface area contributed by atoms with Crippen LogP contribution in [0.1, 0.15) is 17.0 Å². The molecule has 1 aromatic heterocycles. The fourth-order valence-electron chi connectivity index (χ4n) is 2.29. The van der Waals surface area contributed by atoms with Gasteiger partial charge in [-0.1, -0.05) is 42.0 Å². The minimum atomic E-state index is -0.149. The van der Waals surface area contributed by atoms with Crippen LogP contribution in [0, 0.1) is 6.92 Å². The van der Waals surface area contributed by atoms with Crippen LogP contribution in [0.25, 0.3) is 11.3 Å². The van der Waals surface area contributed by atoms with E-state index >= 15 is 0 Å². The summed E-state index contributed by atoms with van der Waals surface area (Å²) in [5.41, 5.74) is 10.1. The Morgan fingerprint density at radius 3 is 2.41 bits per heavy atom. The van der Waals surface area contributed by atoms with Crippen molar-refractivity contribution >= 4 is 5.69 Å². The minimum Gasteiger partial charge on any atom is -0.399 e. The monoisotopic (exact) mass is 291 g/mol. The third-order valence-electron chi connectivity index (χ3n) is 3.49. The summed E-state index contributed by atoms with van der Waals surface area (Å²) in [7, 11) is 0. The van der Waals surface area contributed by atoms with Gasteiger partial charge in [0.2, 0.25) is 0 Å². The molecule has 3 N–H and O–H groups in total. The predicted octanol–water partition coefficient (Wildman–Crippen LogP) is 2.92. The van der Waals surface area contributed by atoms with E-state index in [1.54, 1.807) is 12.1 Å². The molecule has 0 saturated heterocycles. The third kappa shape index (κ3) is 3.23. The molecule has 1 heterocycles. The van der Waals surface area contributed by atoms with E-state index in [1.165, 1.54) is 11.6 Å². The number of nitrogens with two attached hydrogens (primary N) is 1. The normalized spacial score (nSPS) is 10.6. The Labute approximate surface area is 128 Å². The molecule has 0 aliphatic heterocycles. The fourth-order valence-corrected chi connectivity index (χ4v) is 2.29. The maximum absolute atomic E-state index is 11.9. The fraction of sp³-hybridized carbons (Fsp3) is 0.111. The van der Waals surface area contributed by atoms with Gasteiger partial charge in [-0.2, -0.15) is 0 Å². The van der Waals surface area contributed by atoms with Gasteiger partial charge in [0.05, 0.1) is 5.69 Å². The molecule has 0 spiro atoms. The number of aromatic nitrogens is 2. The molecule has 4 nitrogen and oxygen atoms in total. The lowest BCUT2D eigenvalue weighted by Gasteiger charge is -2.06. The molecule has 0 aliphatic carbocycles. The van der Waals surface area contributed by atoms with Crippen molar-refractivity contribution in [3.63, 3.8) is 0 Å². The molecule has 22 heavy (non-hydrogen) atoms. The van der Waals surface area contributed by atoms with E-state index in [-0.39, 0.29) is 5.56 Å². The summed E-state index contributed by atoms with van der Waals surface area (Å²) >= 11 is 0. The Hall–Kier alpha value is -2.88. The SMILES string of the molecule is Cc1ccc(Cc2nc(-c3ccc(N)cc3)cc(=O)[nH]2)cc1. The van der Waals surface area contributed by atoms with E-state index in [2.05, 4.69) is 22.1 Å². The summed E-state index contributed by atoms with van der Waals surface area (Å²) in [5, 5.41) is 0. The molecule has 110 valence electrons. The maximum Gasteiger partial charge on any atom is 0.251 e. The van der Waals surface area contributed by atoms with Crippen molar-refractivity contribution in [1.29, 1.82) is 0 Å². The first kappa shape index (κ1) is 14.1. The van der Waals surface area contributed by atoms with Crippen LogP contribution in [-0.4, -0.2) is 9.97 Å². The zero-order valence-corrected chi connectivity index (χ0v) is 12.3. The van der Waals surface area contributed by atoms with Crippen LogP contribution in [0.3, 0.4) is 0 Å². The highest BCUT2D eigenvalue weighted by Crippen LogP contribution is 2.17. The number of hydrogen-bond acceptors (Lipinski definition) is 3. The smallest absolute Gasteiger partial charge is 0.251 e. The van der Waals surface area contributed by atoms with Crippen LogP contribution in [0.5, 0.6) is 0 Å². The number of hydrogen-bond donors (Lipinski definition) is 2. The average Bonchev–Trinajstić information content (AvgIpc) is 2.50. The number of aromatic amines is 1. The first-order valence-corrected chi connectivity index (χ1v) is 7.12. The lowest BCUT2D eigenvalue weighted by Crippen LogP contribution is -2.11. The molecule has 3 aromatic rings. The quantitative estimate of drug-likeness (QED) is 0.729. The molecule has 0 radical (unpaired) electrons. The number of rotatable bonds is 3. The Morgan fingerprint density at radius 1 is 1.05 bits per heavy atom. The second-order valence-electron chi connectivity index (χ2n) is 5.36. The topological polar surface area (TPSA) is 71.8 Å². The number of nitrogen functional groups attached to an aromatic ring is 1. The van der Waals surface area contributed by atoms with Gasteiger partial charge in [0.25, 0.3) is 5.56 Å². The van der Waals surface area contributed by atoms with Gasteiger partial charge in [-0.3, -0.25) is 4.79 Å². The van der Waals surface area contributed by atoms with E-state index in [0.717, 1.165) is 11.1 Å². The summed E-state index contributed by atoms with van der Waals surface area (Å²) in [5.74, 6) is 0.656. The molecule has 4 heteroatoms. The average molecular weight is 291 g/mol. The van der Waals surface area contributed by atoms with E-state index in [0.29, 0.717) is 23.6 Å². The van der Waals surface area contributed by atoms with E-state index in [9.17, 15) is 4.79 Å². The maximum atomic E-state index is 11.9. The van der Waals surface area contributed by atoms with Gasteiger partial charge in [0, 0.05) is 23.7 Å². The van der Waals surface area contributed by atoms with Gasteiger partial charge >= 0.3 is 0 Å². The standard InChI is InChI=1S/C18H17N3O/c1-12-2-4-13(5-3-12)10-17-20-16(11-18(22)21-17)14-6-8-15(19)9-7-14/h2-9,11H,10,19H2,1H3,(H,20,21,22). The van der Waals surface area contributed by atoms with Crippen molar-refractivity contribution in [1.82, 2.24) is 9.97 Å². The van der Waals surface area contributed by atoms with Gasteiger partial charge in [-0.25, -0.2) is 4.98 Å². The van der Waals surface area contributed by atoms with Gasteiger partial charge in [-0.15, -0.1) is 0 Å². The summed E-state index contributed by atoms with van der Waals surface area (Å²) < 4.78 is 0. The van der Waals surface area contributed by atoms with Gasteiger partial charge in [0.15, 0.2) is 0 Å². The molecular weight excluding hydrogens is 274 g/mol. The van der Waals surface area contributed by atoms with Gasteiger partial charge < -0.3 is 10.7 Å². The highest BCUT2D eigenvalue weighted by molar-refractivity contribution is 5.61. The molecule has 0 saturated carbocycles. The van der Waals surface area contributed by atoms with Crippen molar-refractivity contribution in [3.05, 3.63) is 81.9 Å². The summed E-state index contributed by atoms with van der Waals surface area (Å²) in [4.78, 5) is 19.2. The molecule has 0 aliphatic rings. The molecule has 0 bridgehead atoms. The Bertz CT molecular complexity index is 833. The van der Waals surface area contributed by atoms with Gasteiger partial charge in [-0.05, 0) is 24.6 Å². The lowest BCUT2D eigenvalue weighted by atomic mass is 10.1. The third-order valence-corrected chi connectivity index (χ3v) is 3.49. The van der Waals surface area contributed by atoms with Crippen LogP contribution in [0.15, 0.2) is 59.4 Å².